The monoisotopic (exact) mass is 416 g/mol. The number of carbonyl (C=O) groups is 1. The third kappa shape index (κ3) is 15.9. The highest BCUT2D eigenvalue weighted by atomic mass is 32.2. The van der Waals surface area contributed by atoms with Gasteiger partial charge in [-0.15, -0.1) is 0 Å². The predicted octanol–water partition coefficient (Wildman–Crippen LogP) is 1.91. The zero-order valence-corrected chi connectivity index (χ0v) is 17.2. The summed E-state index contributed by atoms with van der Waals surface area (Å²) in [6, 6.07) is 9.65. The molecule has 0 bridgehead atoms. The fourth-order valence-corrected chi connectivity index (χ4v) is 2.74. The van der Waals surface area contributed by atoms with Gasteiger partial charge in [-0.3, -0.25) is 4.79 Å². The van der Waals surface area contributed by atoms with Crippen molar-refractivity contribution in [2.24, 2.45) is 0 Å². The van der Waals surface area contributed by atoms with Crippen LogP contribution in [0.4, 0.5) is 0 Å². The van der Waals surface area contributed by atoms with Gasteiger partial charge in [0, 0.05) is 6.61 Å². The molecule has 0 unspecified atom stereocenters. The van der Waals surface area contributed by atoms with Crippen molar-refractivity contribution in [3.8, 4) is 0 Å². The van der Waals surface area contributed by atoms with Crippen LogP contribution in [0, 0.1) is 0 Å². The zero-order chi connectivity index (χ0) is 20.1. The van der Waals surface area contributed by atoms with E-state index in [0.717, 1.165) is 17.7 Å². The first-order chi connectivity index (χ1) is 13.8. The Hall–Kier alpha value is -1.16. The number of aliphatic hydroxyl groups is 1. The molecule has 0 heterocycles. The van der Waals surface area contributed by atoms with Gasteiger partial charge in [0.05, 0.1) is 58.6 Å². The molecule has 1 rings (SSSR count). The van der Waals surface area contributed by atoms with E-state index in [1.165, 1.54) is 0 Å². The van der Waals surface area contributed by atoms with E-state index in [0.29, 0.717) is 65.2 Å². The first kappa shape index (κ1) is 24.9. The minimum Gasteiger partial charge on any atom is -0.460 e. The van der Waals surface area contributed by atoms with E-state index in [2.05, 4.69) is 0 Å². The Bertz CT molecular complexity index is 473. The van der Waals surface area contributed by atoms with Gasteiger partial charge in [-0.25, -0.2) is 0 Å². The lowest BCUT2D eigenvalue weighted by Gasteiger charge is -2.07. The first-order valence-corrected chi connectivity index (χ1v) is 10.7. The molecule has 1 aromatic rings. The van der Waals surface area contributed by atoms with Crippen LogP contribution in [0.2, 0.25) is 0 Å². The SMILES string of the molecule is O=C(CSCCCOCCOCCOCCOCCO)OCc1ccccc1. The summed E-state index contributed by atoms with van der Waals surface area (Å²) in [6.07, 6.45) is 0.883. The second-order valence-electron chi connectivity index (χ2n) is 5.73. The Morgan fingerprint density at radius 2 is 1.39 bits per heavy atom. The maximum Gasteiger partial charge on any atom is 0.316 e. The highest BCUT2D eigenvalue weighted by molar-refractivity contribution is 7.99. The summed E-state index contributed by atoms with van der Waals surface area (Å²) in [5, 5.41) is 8.53. The fraction of sp³-hybridized carbons (Fsp3) is 0.650. The number of hydrogen-bond donors (Lipinski definition) is 1. The molecule has 0 atom stereocenters. The number of carbonyl (C=O) groups excluding carboxylic acids is 1. The standard InChI is InChI=1S/C20H32O7S/c21-7-9-24-11-13-26-15-14-25-12-10-23-8-4-16-28-18-20(22)27-17-19-5-2-1-3-6-19/h1-3,5-6,21H,4,7-18H2. The Morgan fingerprint density at radius 3 is 2.00 bits per heavy atom. The molecule has 0 fully saturated rings. The van der Waals surface area contributed by atoms with Crippen LogP contribution < -0.4 is 0 Å². The number of ether oxygens (including phenoxy) is 5. The van der Waals surface area contributed by atoms with Crippen LogP contribution in [0.3, 0.4) is 0 Å². The maximum atomic E-state index is 11.6. The molecular formula is C20H32O7S. The van der Waals surface area contributed by atoms with Gasteiger partial charge in [-0.1, -0.05) is 30.3 Å². The average Bonchev–Trinajstić information content (AvgIpc) is 2.72. The number of hydrogen-bond acceptors (Lipinski definition) is 8. The number of thioether (sulfide) groups is 1. The van der Waals surface area contributed by atoms with Gasteiger partial charge in [-0.2, -0.15) is 11.8 Å². The van der Waals surface area contributed by atoms with E-state index in [-0.39, 0.29) is 12.6 Å². The van der Waals surface area contributed by atoms with Crippen LogP contribution in [0.15, 0.2) is 30.3 Å². The van der Waals surface area contributed by atoms with Gasteiger partial charge >= 0.3 is 5.97 Å². The largest absolute Gasteiger partial charge is 0.460 e. The van der Waals surface area contributed by atoms with E-state index in [1.54, 1.807) is 11.8 Å². The molecule has 0 saturated heterocycles. The Morgan fingerprint density at radius 1 is 0.821 bits per heavy atom. The molecule has 1 aromatic carbocycles. The number of aliphatic hydroxyl groups excluding tert-OH is 1. The van der Waals surface area contributed by atoms with Crippen LogP contribution in [0.1, 0.15) is 12.0 Å². The Balaban J connectivity index is 1.75. The third-order valence-corrected chi connectivity index (χ3v) is 4.41. The van der Waals surface area contributed by atoms with Crippen molar-refractivity contribution < 1.29 is 33.6 Å². The summed E-state index contributed by atoms with van der Waals surface area (Å²) in [6.45, 7) is 4.43. The van der Waals surface area contributed by atoms with E-state index >= 15 is 0 Å². The first-order valence-electron chi connectivity index (χ1n) is 9.52. The molecule has 7 nitrogen and oxygen atoms in total. The van der Waals surface area contributed by atoms with Crippen molar-refractivity contribution >= 4 is 17.7 Å². The van der Waals surface area contributed by atoms with E-state index < -0.39 is 0 Å². The highest BCUT2D eigenvalue weighted by Crippen LogP contribution is 2.06. The Kier molecular flexibility index (Phi) is 17.0. The average molecular weight is 417 g/mol. The quantitative estimate of drug-likeness (QED) is 0.271. The predicted molar refractivity (Wildman–Crippen MR) is 109 cm³/mol. The molecule has 0 aromatic heterocycles. The second-order valence-corrected chi connectivity index (χ2v) is 6.83. The lowest BCUT2D eigenvalue weighted by molar-refractivity contribution is -0.141. The molecule has 0 radical (unpaired) electrons. The van der Waals surface area contributed by atoms with Crippen LogP contribution in [-0.2, 0) is 35.1 Å². The third-order valence-electron chi connectivity index (χ3n) is 3.39. The topological polar surface area (TPSA) is 83.5 Å². The number of rotatable bonds is 19. The molecule has 0 saturated carbocycles. The van der Waals surface area contributed by atoms with E-state index in [1.807, 2.05) is 30.3 Å². The molecule has 28 heavy (non-hydrogen) atoms. The minimum atomic E-state index is -0.189. The van der Waals surface area contributed by atoms with Crippen molar-refractivity contribution in [3.63, 3.8) is 0 Å². The molecule has 8 heteroatoms. The second kappa shape index (κ2) is 19.2. The molecular weight excluding hydrogens is 384 g/mol. The maximum absolute atomic E-state index is 11.6. The van der Waals surface area contributed by atoms with E-state index in [4.69, 9.17) is 28.8 Å². The van der Waals surface area contributed by atoms with Gasteiger partial charge in [-0.05, 0) is 17.7 Å². The zero-order valence-electron chi connectivity index (χ0n) is 16.4. The molecule has 0 amide bonds. The van der Waals surface area contributed by atoms with Crippen LogP contribution in [-0.4, -0.2) is 82.0 Å². The molecule has 0 aliphatic heterocycles. The van der Waals surface area contributed by atoms with Gasteiger partial charge in [0.15, 0.2) is 0 Å². The summed E-state index contributed by atoms with van der Waals surface area (Å²) in [5.41, 5.74) is 0.995. The van der Waals surface area contributed by atoms with Crippen LogP contribution in [0.25, 0.3) is 0 Å². The van der Waals surface area contributed by atoms with Crippen molar-refractivity contribution in [1.29, 1.82) is 0 Å². The smallest absolute Gasteiger partial charge is 0.316 e. The molecule has 0 aliphatic rings. The summed E-state index contributed by atoms with van der Waals surface area (Å²) < 4.78 is 26.4. The minimum absolute atomic E-state index is 0.0308. The van der Waals surface area contributed by atoms with Gasteiger partial charge in [0.1, 0.15) is 6.61 Å². The molecule has 160 valence electrons. The van der Waals surface area contributed by atoms with Crippen LogP contribution >= 0.6 is 11.8 Å². The molecule has 0 aliphatic carbocycles. The van der Waals surface area contributed by atoms with Gasteiger partial charge in [0.25, 0.3) is 0 Å². The molecule has 1 N–H and O–H groups in total. The van der Waals surface area contributed by atoms with E-state index in [9.17, 15) is 4.79 Å². The summed E-state index contributed by atoms with van der Waals surface area (Å²) in [5.74, 6) is 1.03. The van der Waals surface area contributed by atoms with Gasteiger partial charge < -0.3 is 28.8 Å². The molecule has 0 spiro atoms. The summed E-state index contributed by atoms with van der Waals surface area (Å²) >= 11 is 1.55. The lowest BCUT2D eigenvalue weighted by Crippen LogP contribution is -2.13. The van der Waals surface area contributed by atoms with Gasteiger partial charge in [0.2, 0.25) is 0 Å². The fourth-order valence-electron chi connectivity index (χ4n) is 2.02. The number of benzene rings is 1. The lowest BCUT2D eigenvalue weighted by atomic mass is 10.2. The van der Waals surface area contributed by atoms with Crippen LogP contribution in [0.5, 0.6) is 0 Å². The summed E-state index contributed by atoms with van der Waals surface area (Å²) in [7, 11) is 0. The van der Waals surface area contributed by atoms with Crippen molar-refractivity contribution in [1.82, 2.24) is 0 Å². The van der Waals surface area contributed by atoms with Crippen molar-refractivity contribution in [3.05, 3.63) is 35.9 Å². The normalized spacial score (nSPS) is 10.9. The van der Waals surface area contributed by atoms with Crippen molar-refractivity contribution in [2.45, 2.75) is 13.0 Å². The highest BCUT2D eigenvalue weighted by Gasteiger charge is 2.03. The summed E-state index contributed by atoms with van der Waals surface area (Å²) in [4.78, 5) is 11.6. The number of esters is 1. The Labute approximate surface area is 171 Å². The van der Waals surface area contributed by atoms with Crippen molar-refractivity contribution in [2.75, 3.05) is 71.0 Å².